The standard InChI is InChI=1S/C21H21FN4O5/c1-5-31-20-10-15(18(26(28)29)11-19(20)30-4)21(27)23-14-6-7-17(16(22)9-14)25-13(3)8-12(2)24-25/h6-11H,5H2,1-4H3,(H,23,27). The van der Waals surface area contributed by atoms with Gasteiger partial charge in [0.05, 0.1) is 30.4 Å². The second kappa shape index (κ2) is 8.82. The molecule has 1 heterocycles. The summed E-state index contributed by atoms with van der Waals surface area (Å²) in [6.07, 6.45) is 0. The number of nitrogens with one attached hydrogen (secondary N) is 1. The summed E-state index contributed by atoms with van der Waals surface area (Å²) in [5, 5.41) is 18.2. The number of rotatable bonds is 7. The molecule has 0 saturated heterocycles. The van der Waals surface area contributed by atoms with E-state index >= 15 is 0 Å². The number of nitrogens with zero attached hydrogens (tertiary/aromatic N) is 3. The van der Waals surface area contributed by atoms with Crippen molar-refractivity contribution in [2.45, 2.75) is 20.8 Å². The first kappa shape index (κ1) is 21.8. The smallest absolute Gasteiger partial charge is 0.286 e. The van der Waals surface area contributed by atoms with Crippen LogP contribution in [0.15, 0.2) is 36.4 Å². The number of hydrogen-bond donors (Lipinski definition) is 1. The molecule has 3 rings (SSSR count). The number of halogens is 1. The molecule has 162 valence electrons. The molecule has 1 amide bonds. The second-order valence-corrected chi connectivity index (χ2v) is 6.67. The van der Waals surface area contributed by atoms with Gasteiger partial charge in [-0.3, -0.25) is 14.9 Å². The van der Waals surface area contributed by atoms with Crippen LogP contribution in [-0.4, -0.2) is 34.3 Å². The molecule has 3 aromatic rings. The fraction of sp³-hybridized carbons (Fsp3) is 0.238. The molecule has 0 saturated carbocycles. The van der Waals surface area contributed by atoms with E-state index in [1.54, 1.807) is 20.8 Å². The molecule has 0 aliphatic heterocycles. The molecule has 0 radical (unpaired) electrons. The van der Waals surface area contributed by atoms with Gasteiger partial charge in [-0.25, -0.2) is 9.07 Å². The van der Waals surface area contributed by atoms with Gasteiger partial charge in [0.25, 0.3) is 11.6 Å². The number of ether oxygens (including phenoxy) is 2. The number of benzene rings is 2. The summed E-state index contributed by atoms with van der Waals surface area (Å²) in [6.45, 7) is 5.60. The lowest BCUT2D eigenvalue weighted by Gasteiger charge is -2.13. The zero-order valence-corrected chi connectivity index (χ0v) is 17.4. The Hall–Kier alpha value is -3.95. The summed E-state index contributed by atoms with van der Waals surface area (Å²) in [5.41, 5.74) is 1.15. The van der Waals surface area contributed by atoms with E-state index in [2.05, 4.69) is 10.4 Å². The van der Waals surface area contributed by atoms with Crippen molar-refractivity contribution in [3.63, 3.8) is 0 Å². The minimum atomic E-state index is -0.784. The Balaban J connectivity index is 1.94. The third-order valence-electron chi connectivity index (χ3n) is 4.47. The van der Waals surface area contributed by atoms with Gasteiger partial charge in [0.2, 0.25) is 0 Å². The van der Waals surface area contributed by atoms with Crippen LogP contribution >= 0.6 is 0 Å². The third kappa shape index (κ3) is 4.47. The quantitative estimate of drug-likeness (QED) is 0.446. The molecule has 31 heavy (non-hydrogen) atoms. The Kier molecular flexibility index (Phi) is 6.19. The van der Waals surface area contributed by atoms with Gasteiger partial charge >= 0.3 is 0 Å². The van der Waals surface area contributed by atoms with E-state index in [-0.39, 0.29) is 35.0 Å². The van der Waals surface area contributed by atoms with Crippen molar-refractivity contribution in [1.29, 1.82) is 0 Å². The predicted octanol–water partition coefficient (Wildman–Crippen LogP) is 4.20. The van der Waals surface area contributed by atoms with E-state index in [4.69, 9.17) is 9.47 Å². The van der Waals surface area contributed by atoms with Gasteiger partial charge in [0.15, 0.2) is 17.3 Å². The number of methoxy groups -OCH3 is 1. The van der Waals surface area contributed by atoms with Gasteiger partial charge in [0, 0.05) is 17.4 Å². The van der Waals surface area contributed by atoms with Crippen molar-refractivity contribution in [1.82, 2.24) is 9.78 Å². The fourth-order valence-corrected chi connectivity index (χ4v) is 3.14. The first-order chi connectivity index (χ1) is 14.7. The van der Waals surface area contributed by atoms with Gasteiger partial charge < -0.3 is 14.8 Å². The maximum atomic E-state index is 14.7. The third-order valence-corrected chi connectivity index (χ3v) is 4.47. The van der Waals surface area contributed by atoms with Crippen LogP contribution in [-0.2, 0) is 0 Å². The molecule has 0 atom stereocenters. The zero-order valence-electron chi connectivity index (χ0n) is 17.4. The van der Waals surface area contributed by atoms with E-state index in [1.807, 2.05) is 6.07 Å². The summed E-state index contributed by atoms with van der Waals surface area (Å²) >= 11 is 0. The van der Waals surface area contributed by atoms with Gasteiger partial charge in [-0.05, 0) is 45.0 Å². The summed E-state index contributed by atoms with van der Waals surface area (Å²) < 4.78 is 26.7. The van der Waals surface area contributed by atoms with Crippen molar-refractivity contribution in [3.8, 4) is 17.2 Å². The normalized spacial score (nSPS) is 10.6. The van der Waals surface area contributed by atoms with Crippen LogP contribution in [0.4, 0.5) is 15.8 Å². The monoisotopic (exact) mass is 428 g/mol. The van der Waals surface area contributed by atoms with Gasteiger partial charge in [-0.15, -0.1) is 0 Å². The fourth-order valence-electron chi connectivity index (χ4n) is 3.14. The number of aryl methyl sites for hydroxylation is 2. The van der Waals surface area contributed by atoms with Crippen molar-refractivity contribution < 1.29 is 23.6 Å². The van der Waals surface area contributed by atoms with E-state index in [1.165, 1.54) is 30.0 Å². The van der Waals surface area contributed by atoms with Crippen LogP contribution in [0.2, 0.25) is 0 Å². The van der Waals surface area contributed by atoms with Crippen LogP contribution in [0.1, 0.15) is 28.7 Å². The average Bonchev–Trinajstić information content (AvgIpc) is 3.05. The summed E-state index contributed by atoms with van der Waals surface area (Å²) in [5.74, 6) is -1.08. The number of nitro benzene ring substituents is 1. The number of aromatic nitrogens is 2. The average molecular weight is 428 g/mol. The Morgan fingerprint density at radius 1 is 1.23 bits per heavy atom. The lowest BCUT2D eigenvalue weighted by atomic mass is 10.1. The molecule has 0 fully saturated rings. The molecule has 1 N–H and O–H groups in total. The van der Waals surface area contributed by atoms with Crippen molar-refractivity contribution in [2.75, 3.05) is 19.0 Å². The molecule has 0 bridgehead atoms. The van der Waals surface area contributed by atoms with Crippen LogP contribution in [0.5, 0.6) is 11.5 Å². The summed E-state index contributed by atoms with van der Waals surface area (Å²) in [7, 11) is 1.34. The van der Waals surface area contributed by atoms with Crippen LogP contribution < -0.4 is 14.8 Å². The number of nitro groups is 1. The molecule has 0 spiro atoms. The number of hydrogen-bond acceptors (Lipinski definition) is 6. The van der Waals surface area contributed by atoms with Gasteiger partial charge in [-0.1, -0.05) is 0 Å². The first-order valence-electron chi connectivity index (χ1n) is 9.39. The van der Waals surface area contributed by atoms with Crippen LogP contribution in [0.25, 0.3) is 5.69 Å². The maximum Gasteiger partial charge on any atom is 0.286 e. The van der Waals surface area contributed by atoms with E-state index in [0.29, 0.717) is 0 Å². The maximum absolute atomic E-state index is 14.7. The summed E-state index contributed by atoms with van der Waals surface area (Å²) in [6, 6.07) is 8.25. The van der Waals surface area contributed by atoms with Crippen LogP contribution in [0.3, 0.4) is 0 Å². The number of amides is 1. The first-order valence-corrected chi connectivity index (χ1v) is 9.39. The molecular weight excluding hydrogens is 407 g/mol. The largest absolute Gasteiger partial charge is 0.493 e. The van der Waals surface area contributed by atoms with Gasteiger partial charge in [-0.2, -0.15) is 5.10 Å². The molecule has 2 aromatic carbocycles. The molecule has 9 nitrogen and oxygen atoms in total. The molecule has 0 unspecified atom stereocenters. The molecule has 0 aliphatic rings. The van der Waals surface area contributed by atoms with Gasteiger partial charge in [0.1, 0.15) is 11.3 Å². The molecular formula is C21H21FN4O5. The van der Waals surface area contributed by atoms with Crippen molar-refractivity contribution in [2.24, 2.45) is 0 Å². The van der Waals surface area contributed by atoms with Crippen molar-refractivity contribution in [3.05, 3.63) is 69.3 Å². The Morgan fingerprint density at radius 2 is 1.97 bits per heavy atom. The molecule has 0 aliphatic carbocycles. The number of anilines is 1. The van der Waals surface area contributed by atoms with Crippen molar-refractivity contribution >= 4 is 17.3 Å². The lowest BCUT2D eigenvalue weighted by molar-refractivity contribution is -0.385. The lowest BCUT2D eigenvalue weighted by Crippen LogP contribution is -2.15. The molecule has 1 aromatic heterocycles. The van der Waals surface area contributed by atoms with E-state index in [0.717, 1.165) is 23.5 Å². The highest BCUT2D eigenvalue weighted by Gasteiger charge is 2.25. The Labute approximate surface area is 177 Å². The van der Waals surface area contributed by atoms with Crippen LogP contribution in [0, 0.1) is 29.8 Å². The predicted molar refractivity (Wildman–Crippen MR) is 112 cm³/mol. The minimum Gasteiger partial charge on any atom is -0.493 e. The highest BCUT2D eigenvalue weighted by Crippen LogP contribution is 2.35. The Morgan fingerprint density at radius 3 is 2.52 bits per heavy atom. The second-order valence-electron chi connectivity index (χ2n) is 6.67. The zero-order chi connectivity index (χ0) is 22.7. The number of carbonyl (C=O) groups is 1. The molecule has 10 heteroatoms. The number of carbonyl (C=O) groups excluding carboxylic acids is 1. The van der Waals surface area contributed by atoms with E-state index in [9.17, 15) is 19.3 Å². The SMILES string of the molecule is CCOc1cc(C(=O)Nc2ccc(-n3nc(C)cc3C)c(F)c2)c([N+](=O)[O-])cc1OC. The summed E-state index contributed by atoms with van der Waals surface area (Å²) in [4.78, 5) is 23.5. The highest BCUT2D eigenvalue weighted by molar-refractivity contribution is 6.07. The van der Waals surface area contributed by atoms with E-state index < -0.39 is 22.3 Å². The highest BCUT2D eigenvalue weighted by atomic mass is 19.1. The Bertz CT molecular complexity index is 1160. The topological polar surface area (TPSA) is 109 Å². The minimum absolute atomic E-state index is 0.130.